The Labute approximate surface area is 212 Å². The molecule has 1 N–H and O–H groups in total. The Morgan fingerprint density at radius 1 is 1.11 bits per heavy atom. The van der Waals surface area contributed by atoms with Crippen molar-refractivity contribution >= 4 is 28.4 Å². The van der Waals surface area contributed by atoms with E-state index < -0.39 is 0 Å². The van der Waals surface area contributed by atoms with E-state index in [0.29, 0.717) is 17.5 Å². The van der Waals surface area contributed by atoms with Gasteiger partial charge in [0.25, 0.3) is 5.91 Å². The first-order valence-corrected chi connectivity index (χ1v) is 13.4. The Morgan fingerprint density at radius 3 is 2.66 bits per heavy atom. The number of hydrogen-bond acceptors (Lipinski definition) is 3. The summed E-state index contributed by atoms with van der Waals surface area (Å²) in [5.41, 5.74) is 3.24. The molecule has 6 heteroatoms. The smallest absolute Gasteiger partial charge is 0.270 e. The number of benzene rings is 2. The molecule has 1 unspecified atom stereocenters. The van der Waals surface area contributed by atoms with Gasteiger partial charge >= 0.3 is 0 Å². The van der Waals surface area contributed by atoms with Gasteiger partial charge in [-0.05, 0) is 74.9 Å². The summed E-state index contributed by atoms with van der Waals surface area (Å²) >= 11 is 6.17. The van der Waals surface area contributed by atoms with E-state index in [2.05, 4.69) is 22.9 Å². The first-order valence-electron chi connectivity index (χ1n) is 13.0. The standard InChI is InChI=1S/C29H34ClN3O2/c1-20(18-32-14-10-29(11-15-32)19-35-27-17-23(30)6-7-24(27)29)21-8-12-33(13-9-21)28(34)26-16-22-4-2-3-5-25(22)31-26/h2-7,16-17,20-21,31H,8-15,18-19H2,1H3. The second-order valence-corrected chi connectivity index (χ2v) is 11.3. The van der Waals surface area contributed by atoms with E-state index in [1.54, 1.807) is 0 Å². The van der Waals surface area contributed by atoms with Crippen LogP contribution in [0.2, 0.25) is 5.02 Å². The molecule has 0 aliphatic carbocycles. The van der Waals surface area contributed by atoms with Crippen LogP contribution in [-0.4, -0.2) is 60.0 Å². The molecule has 1 atom stereocenters. The number of fused-ring (bicyclic) bond motifs is 3. The lowest BCUT2D eigenvalue weighted by Crippen LogP contribution is -2.46. The molecule has 2 saturated heterocycles. The molecule has 1 spiro atoms. The van der Waals surface area contributed by atoms with Gasteiger partial charge in [0.1, 0.15) is 11.4 Å². The number of piperidine rings is 2. The van der Waals surface area contributed by atoms with Crippen molar-refractivity contribution in [2.45, 2.75) is 38.0 Å². The van der Waals surface area contributed by atoms with Crippen molar-refractivity contribution in [1.82, 2.24) is 14.8 Å². The zero-order valence-electron chi connectivity index (χ0n) is 20.4. The van der Waals surface area contributed by atoms with Crippen LogP contribution in [-0.2, 0) is 5.41 Å². The number of rotatable bonds is 4. The van der Waals surface area contributed by atoms with E-state index in [4.69, 9.17) is 16.3 Å². The lowest BCUT2D eigenvalue weighted by Gasteiger charge is -2.41. The van der Waals surface area contributed by atoms with Crippen molar-refractivity contribution in [1.29, 1.82) is 0 Å². The van der Waals surface area contributed by atoms with Gasteiger partial charge in [-0.1, -0.05) is 42.8 Å². The minimum Gasteiger partial charge on any atom is -0.492 e. The molecule has 1 amide bonds. The predicted octanol–water partition coefficient (Wildman–Crippen LogP) is 5.74. The van der Waals surface area contributed by atoms with Gasteiger partial charge in [-0.25, -0.2) is 0 Å². The van der Waals surface area contributed by atoms with Crippen LogP contribution < -0.4 is 4.74 Å². The van der Waals surface area contributed by atoms with E-state index in [0.717, 1.165) is 86.7 Å². The van der Waals surface area contributed by atoms with Gasteiger partial charge in [0.15, 0.2) is 0 Å². The number of para-hydroxylation sites is 1. The fourth-order valence-electron chi connectivity index (χ4n) is 6.51. The topological polar surface area (TPSA) is 48.6 Å². The minimum atomic E-state index is 0.133. The molecule has 5 nitrogen and oxygen atoms in total. The highest BCUT2D eigenvalue weighted by Gasteiger charge is 2.43. The van der Waals surface area contributed by atoms with E-state index in [-0.39, 0.29) is 11.3 Å². The molecule has 184 valence electrons. The zero-order chi connectivity index (χ0) is 24.0. The normalized spacial score (nSPS) is 21.3. The molecule has 2 aromatic carbocycles. The van der Waals surface area contributed by atoms with E-state index in [9.17, 15) is 4.79 Å². The summed E-state index contributed by atoms with van der Waals surface area (Å²) in [6, 6.07) is 16.2. The number of aromatic nitrogens is 1. The third-order valence-electron chi connectivity index (χ3n) is 8.77. The van der Waals surface area contributed by atoms with Gasteiger partial charge in [-0.2, -0.15) is 0 Å². The van der Waals surface area contributed by atoms with Gasteiger partial charge in [-0.3, -0.25) is 4.79 Å². The molecule has 4 heterocycles. The molecule has 0 radical (unpaired) electrons. The summed E-state index contributed by atoms with van der Waals surface area (Å²) in [6.45, 7) is 8.27. The number of likely N-dealkylation sites (tertiary alicyclic amines) is 2. The number of carbonyl (C=O) groups excluding carboxylic acids is 1. The van der Waals surface area contributed by atoms with Crippen LogP contribution >= 0.6 is 11.6 Å². The number of nitrogens with one attached hydrogen (secondary N) is 1. The van der Waals surface area contributed by atoms with Crippen molar-refractivity contribution in [3.05, 3.63) is 64.8 Å². The Bertz CT molecular complexity index is 1190. The number of carbonyl (C=O) groups is 1. The summed E-state index contributed by atoms with van der Waals surface area (Å²) in [5, 5.41) is 1.85. The molecule has 3 aromatic rings. The zero-order valence-corrected chi connectivity index (χ0v) is 21.2. The van der Waals surface area contributed by atoms with Crippen molar-refractivity contribution < 1.29 is 9.53 Å². The molecule has 6 rings (SSSR count). The van der Waals surface area contributed by atoms with Gasteiger partial charge in [0, 0.05) is 46.5 Å². The number of aromatic amines is 1. The fourth-order valence-corrected chi connectivity index (χ4v) is 6.67. The quantitative estimate of drug-likeness (QED) is 0.506. The predicted molar refractivity (Wildman–Crippen MR) is 140 cm³/mol. The average molecular weight is 492 g/mol. The number of nitrogens with zero attached hydrogens (tertiary/aromatic N) is 2. The maximum Gasteiger partial charge on any atom is 0.270 e. The molecule has 0 bridgehead atoms. The van der Waals surface area contributed by atoms with E-state index in [1.807, 2.05) is 47.4 Å². The maximum atomic E-state index is 13.1. The van der Waals surface area contributed by atoms with Crippen LogP contribution in [0.25, 0.3) is 10.9 Å². The summed E-state index contributed by atoms with van der Waals surface area (Å²) in [6.07, 6.45) is 4.47. The average Bonchev–Trinajstić information content (AvgIpc) is 3.47. The number of H-pyrrole nitrogens is 1. The summed E-state index contributed by atoms with van der Waals surface area (Å²) in [4.78, 5) is 21.0. The Kier molecular flexibility index (Phi) is 6.01. The lowest BCUT2D eigenvalue weighted by atomic mass is 9.74. The first kappa shape index (κ1) is 22.9. The highest BCUT2D eigenvalue weighted by Crippen LogP contribution is 2.46. The van der Waals surface area contributed by atoms with Crippen molar-refractivity contribution in [2.24, 2.45) is 11.8 Å². The highest BCUT2D eigenvalue weighted by atomic mass is 35.5. The van der Waals surface area contributed by atoms with Crippen LogP contribution in [0.3, 0.4) is 0 Å². The van der Waals surface area contributed by atoms with Gasteiger partial charge in [0.2, 0.25) is 0 Å². The summed E-state index contributed by atoms with van der Waals surface area (Å²) in [7, 11) is 0. The van der Waals surface area contributed by atoms with Crippen LogP contribution in [0.15, 0.2) is 48.5 Å². The Morgan fingerprint density at radius 2 is 1.89 bits per heavy atom. The molecule has 0 saturated carbocycles. The fraction of sp³-hybridized carbons (Fsp3) is 0.483. The summed E-state index contributed by atoms with van der Waals surface area (Å²) < 4.78 is 6.03. The Balaban J connectivity index is 1.00. The second kappa shape index (κ2) is 9.18. The van der Waals surface area contributed by atoms with E-state index in [1.165, 1.54) is 5.56 Å². The SMILES string of the molecule is CC(CN1CCC2(CC1)COc1cc(Cl)ccc12)C1CCN(C(=O)c2cc3ccccc3[nH]2)CC1. The van der Waals surface area contributed by atoms with Crippen LogP contribution in [0.5, 0.6) is 5.75 Å². The third-order valence-corrected chi connectivity index (χ3v) is 9.01. The van der Waals surface area contributed by atoms with Gasteiger partial charge in [0.05, 0.1) is 6.61 Å². The number of halogens is 1. The second-order valence-electron chi connectivity index (χ2n) is 10.9. The van der Waals surface area contributed by atoms with Crippen LogP contribution in [0, 0.1) is 11.8 Å². The Hall–Kier alpha value is -2.50. The van der Waals surface area contributed by atoms with Crippen LogP contribution in [0.1, 0.15) is 48.7 Å². The van der Waals surface area contributed by atoms with Crippen molar-refractivity contribution in [3.63, 3.8) is 0 Å². The van der Waals surface area contributed by atoms with Gasteiger partial charge < -0.3 is 19.5 Å². The van der Waals surface area contributed by atoms with Gasteiger partial charge in [-0.15, -0.1) is 0 Å². The third kappa shape index (κ3) is 4.34. The minimum absolute atomic E-state index is 0.133. The molecule has 3 aliphatic heterocycles. The largest absolute Gasteiger partial charge is 0.492 e. The number of amides is 1. The molecule has 3 aliphatic rings. The molecular formula is C29H34ClN3O2. The molecule has 1 aromatic heterocycles. The van der Waals surface area contributed by atoms with Crippen molar-refractivity contribution in [3.8, 4) is 5.75 Å². The molecule has 2 fully saturated rings. The highest BCUT2D eigenvalue weighted by molar-refractivity contribution is 6.30. The number of hydrogen-bond donors (Lipinski definition) is 1. The number of ether oxygens (including phenoxy) is 1. The van der Waals surface area contributed by atoms with Crippen molar-refractivity contribution in [2.75, 3.05) is 39.3 Å². The lowest BCUT2D eigenvalue weighted by molar-refractivity contribution is 0.0615. The maximum absolute atomic E-state index is 13.1. The van der Waals surface area contributed by atoms with E-state index >= 15 is 0 Å². The molecule has 35 heavy (non-hydrogen) atoms. The molecular weight excluding hydrogens is 458 g/mol. The monoisotopic (exact) mass is 491 g/mol. The first-order chi connectivity index (χ1) is 17.0. The van der Waals surface area contributed by atoms with Crippen LogP contribution in [0.4, 0.5) is 0 Å². The summed E-state index contributed by atoms with van der Waals surface area (Å²) in [5.74, 6) is 2.43.